The fraction of sp³-hybridized carbons (Fsp3) is 0.300. The average molecular weight is 211 g/mol. The predicted molar refractivity (Wildman–Crippen MR) is 60.3 cm³/mol. The van der Waals surface area contributed by atoms with Gasteiger partial charge in [0.25, 0.3) is 0 Å². The third-order valence-corrected chi connectivity index (χ3v) is 2.30. The van der Waals surface area contributed by atoms with Crippen LogP contribution in [0.2, 0.25) is 0 Å². The van der Waals surface area contributed by atoms with Gasteiger partial charge in [0, 0.05) is 7.05 Å². The Labute approximate surface area is 89.0 Å². The lowest BCUT2D eigenvalue weighted by Crippen LogP contribution is -2.17. The fourth-order valence-electron chi connectivity index (χ4n) is 1.20. The molecule has 0 radical (unpaired) electrons. The van der Waals surface area contributed by atoms with Gasteiger partial charge in [-0.05, 0) is 12.1 Å². The number of para-hydroxylation sites is 1. The minimum absolute atomic E-state index is 0.640. The normalized spacial score (nSPS) is 9.36. The minimum Gasteiger partial charge on any atom is -0.493 e. The topological polar surface area (TPSA) is 30.5 Å². The average Bonchev–Trinajstić information content (AvgIpc) is 2.26. The molecule has 1 aromatic rings. The van der Waals surface area contributed by atoms with E-state index >= 15 is 0 Å². The summed E-state index contributed by atoms with van der Waals surface area (Å²) in [4.78, 5) is 0.640. The minimum atomic E-state index is 0.640. The van der Waals surface area contributed by atoms with Crippen molar-refractivity contribution in [1.82, 2.24) is 5.32 Å². The first-order chi connectivity index (χ1) is 6.74. The van der Waals surface area contributed by atoms with Crippen LogP contribution in [0.1, 0.15) is 5.56 Å². The van der Waals surface area contributed by atoms with E-state index in [4.69, 9.17) is 21.7 Å². The molecular weight excluding hydrogens is 198 g/mol. The van der Waals surface area contributed by atoms with E-state index in [1.54, 1.807) is 21.3 Å². The maximum absolute atomic E-state index is 5.24. The van der Waals surface area contributed by atoms with Crippen molar-refractivity contribution < 1.29 is 9.47 Å². The first kappa shape index (κ1) is 10.8. The van der Waals surface area contributed by atoms with Gasteiger partial charge in [-0.3, -0.25) is 0 Å². The summed E-state index contributed by atoms with van der Waals surface area (Å²) in [5, 5.41) is 2.90. The van der Waals surface area contributed by atoms with Gasteiger partial charge in [0.15, 0.2) is 11.5 Å². The first-order valence-electron chi connectivity index (χ1n) is 4.17. The number of hydrogen-bond acceptors (Lipinski definition) is 3. The molecule has 0 aromatic heterocycles. The van der Waals surface area contributed by atoms with Crippen LogP contribution in [0, 0.1) is 0 Å². The molecule has 4 heteroatoms. The van der Waals surface area contributed by atoms with E-state index in [2.05, 4.69) is 5.32 Å². The van der Waals surface area contributed by atoms with Crippen LogP contribution >= 0.6 is 12.2 Å². The summed E-state index contributed by atoms with van der Waals surface area (Å²) < 4.78 is 10.4. The molecule has 0 amide bonds. The zero-order chi connectivity index (χ0) is 10.6. The molecule has 0 heterocycles. The molecule has 0 saturated heterocycles. The SMILES string of the molecule is CNC(=S)c1cccc(OC)c1OC. The highest BCUT2D eigenvalue weighted by atomic mass is 32.1. The summed E-state index contributed by atoms with van der Waals surface area (Å²) in [6, 6.07) is 5.60. The number of ether oxygens (including phenoxy) is 2. The summed E-state index contributed by atoms with van der Waals surface area (Å²) >= 11 is 5.14. The Hall–Kier alpha value is -1.29. The van der Waals surface area contributed by atoms with E-state index in [9.17, 15) is 0 Å². The Kier molecular flexibility index (Phi) is 3.71. The molecule has 14 heavy (non-hydrogen) atoms. The van der Waals surface area contributed by atoms with Crippen LogP contribution in [0.15, 0.2) is 18.2 Å². The summed E-state index contributed by atoms with van der Waals surface area (Å²) in [6.07, 6.45) is 0. The third-order valence-electron chi connectivity index (χ3n) is 1.87. The molecule has 76 valence electrons. The van der Waals surface area contributed by atoms with Crippen molar-refractivity contribution in [3.05, 3.63) is 23.8 Å². The molecule has 3 nitrogen and oxygen atoms in total. The Morgan fingerprint density at radius 2 is 2.00 bits per heavy atom. The van der Waals surface area contributed by atoms with Gasteiger partial charge in [0.05, 0.1) is 19.8 Å². The predicted octanol–water partition coefficient (Wildman–Crippen LogP) is 1.60. The highest BCUT2D eigenvalue weighted by Crippen LogP contribution is 2.30. The molecule has 0 aliphatic carbocycles. The molecule has 0 aliphatic heterocycles. The van der Waals surface area contributed by atoms with Gasteiger partial charge in [-0.25, -0.2) is 0 Å². The molecule has 1 aromatic carbocycles. The number of nitrogens with one attached hydrogen (secondary N) is 1. The third kappa shape index (κ3) is 1.96. The lowest BCUT2D eigenvalue weighted by atomic mass is 10.2. The highest BCUT2D eigenvalue weighted by Gasteiger charge is 2.11. The van der Waals surface area contributed by atoms with Crippen molar-refractivity contribution in [1.29, 1.82) is 0 Å². The van der Waals surface area contributed by atoms with Crippen molar-refractivity contribution in [2.75, 3.05) is 21.3 Å². The van der Waals surface area contributed by atoms with Crippen LogP contribution in [-0.2, 0) is 0 Å². The molecule has 0 unspecified atom stereocenters. The largest absolute Gasteiger partial charge is 0.493 e. The quantitative estimate of drug-likeness (QED) is 0.769. The smallest absolute Gasteiger partial charge is 0.170 e. The van der Waals surface area contributed by atoms with Gasteiger partial charge in [0.1, 0.15) is 4.99 Å². The van der Waals surface area contributed by atoms with Crippen LogP contribution < -0.4 is 14.8 Å². The van der Waals surface area contributed by atoms with Crippen LogP contribution in [0.25, 0.3) is 0 Å². The molecule has 1 rings (SSSR count). The second-order valence-corrected chi connectivity index (χ2v) is 3.03. The van der Waals surface area contributed by atoms with Gasteiger partial charge in [-0.2, -0.15) is 0 Å². The Morgan fingerprint density at radius 1 is 1.29 bits per heavy atom. The summed E-state index contributed by atoms with van der Waals surface area (Å²) in [5.74, 6) is 1.34. The zero-order valence-corrected chi connectivity index (χ0v) is 9.27. The maximum atomic E-state index is 5.24. The Morgan fingerprint density at radius 3 is 2.50 bits per heavy atom. The molecule has 0 saturated carbocycles. The van der Waals surface area contributed by atoms with Crippen LogP contribution in [-0.4, -0.2) is 26.3 Å². The highest BCUT2D eigenvalue weighted by molar-refractivity contribution is 7.80. The summed E-state index contributed by atoms with van der Waals surface area (Å²) in [6.45, 7) is 0. The van der Waals surface area contributed by atoms with E-state index in [0.717, 1.165) is 5.56 Å². The molecule has 0 spiro atoms. The lowest BCUT2D eigenvalue weighted by molar-refractivity contribution is 0.354. The number of methoxy groups -OCH3 is 2. The van der Waals surface area contributed by atoms with Crippen molar-refractivity contribution >= 4 is 17.2 Å². The maximum Gasteiger partial charge on any atom is 0.170 e. The summed E-state index contributed by atoms with van der Waals surface area (Å²) in [5.41, 5.74) is 0.837. The van der Waals surface area contributed by atoms with Gasteiger partial charge in [-0.1, -0.05) is 18.3 Å². The molecule has 0 atom stereocenters. The number of hydrogen-bond donors (Lipinski definition) is 1. The monoisotopic (exact) mass is 211 g/mol. The van der Waals surface area contributed by atoms with E-state index in [0.29, 0.717) is 16.5 Å². The van der Waals surface area contributed by atoms with Crippen molar-refractivity contribution in [2.45, 2.75) is 0 Å². The standard InChI is InChI=1S/C10H13NO2S/c1-11-10(14)7-5-4-6-8(12-2)9(7)13-3/h4-6H,1-3H3,(H,11,14). The second-order valence-electron chi connectivity index (χ2n) is 2.62. The molecule has 1 N–H and O–H groups in total. The van der Waals surface area contributed by atoms with Gasteiger partial charge in [-0.15, -0.1) is 0 Å². The Bertz CT molecular complexity index is 339. The number of rotatable bonds is 3. The van der Waals surface area contributed by atoms with Crippen molar-refractivity contribution in [3.8, 4) is 11.5 Å². The molecule has 0 aliphatic rings. The number of benzene rings is 1. The fourth-order valence-corrected chi connectivity index (χ4v) is 1.36. The van der Waals surface area contributed by atoms with E-state index in [-0.39, 0.29) is 0 Å². The first-order valence-corrected chi connectivity index (χ1v) is 4.58. The van der Waals surface area contributed by atoms with E-state index in [1.165, 1.54) is 0 Å². The van der Waals surface area contributed by atoms with E-state index < -0.39 is 0 Å². The molecule has 0 fully saturated rings. The van der Waals surface area contributed by atoms with Crippen LogP contribution in [0.4, 0.5) is 0 Å². The second kappa shape index (κ2) is 4.81. The van der Waals surface area contributed by atoms with Crippen LogP contribution in [0.5, 0.6) is 11.5 Å². The van der Waals surface area contributed by atoms with Gasteiger partial charge < -0.3 is 14.8 Å². The van der Waals surface area contributed by atoms with Crippen molar-refractivity contribution in [2.24, 2.45) is 0 Å². The van der Waals surface area contributed by atoms with Gasteiger partial charge >= 0.3 is 0 Å². The zero-order valence-electron chi connectivity index (χ0n) is 8.46. The lowest BCUT2D eigenvalue weighted by Gasteiger charge is -2.12. The molecular formula is C10H13NO2S. The molecule has 0 bridgehead atoms. The van der Waals surface area contributed by atoms with E-state index in [1.807, 2.05) is 18.2 Å². The number of thiocarbonyl (C=S) groups is 1. The Balaban J connectivity index is 3.21. The van der Waals surface area contributed by atoms with Crippen molar-refractivity contribution in [3.63, 3.8) is 0 Å². The van der Waals surface area contributed by atoms with Crippen LogP contribution in [0.3, 0.4) is 0 Å². The summed E-state index contributed by atoms with van der Waals surface area (Å²) in [7, 11) is 4.98. The van der Waals surface area contributed by atoms with Gasteiger partial charge in [0.2, 0.25) is 0 Å².